The zero-order chi connectivity index (χ0) is 12.7. The van der Waals surface area contributed by atoms with E-state index in [-0.39, 0.29) is 0 Å². The summed E-state index contributed by atoms with van der Waals surface area (Å²) >= 11 is 0. The fraction of sp³-hybridized carbons (Fsp3) is 0.867. The van der Waals surface area contributed by atoms with E-state index in [0.29, 0.717) is 16.6 Å². The highest BCUT2D eigenvalue weighted by Gasteiger charge is 2.47. The summed E-state index contributed by atoms with van der Waals surface area (Å²) in [6, 6.07) is 0. The molecular weight excluding hydrogens is 224 g/mol. The minimum atomic E-state index is -1.60. The molecule has 1 fully saturated rings. The van der Waals surface area contributed by atoms with Crippen LogP contribution in [0.15, 0.2) is 12.2 Å². The van der Waals surface area contributed by atoms with Crippen LogP contribution in [0.25, 0.3) is 0 Å². The average Bonchev–Trinajstić information content (AvgIpc) is 2.77. The second-order valence-electron chi connectivity index (χ2n) is 7.45. The van der Waals surface area contributed by atoms with Gasteiger partial charge in [-0.1, -0.05) is 45.8 Å². The third kappa shape index (κ3) is 2.39. The first-order valence-corrected chi connectivity index (χ1v) is 10.0. The van der Waals surface area contributed by atoms with Crippen LogP contribution < -0.4 is 0 Å². The lowest BCUT2D eigenvalue weighted by molar-refractivity contribution is 0.0865. The molecule has 2 aliphatic carbocycles. The molecule has 1 atom stereocenters. The Labute approximate surface area is 108 Å². The maximum atomic E-state index is 6.68. The van der Waals surface area contributed by atoms with E-state index in [4.69, 9.17) is 4.43 Å². The molecule has 0 heterocycles. The van der Waals surface area contributed by atoms with Gasteiger partial charge < -0.3 is 4.43 Å². The van der Waals surface area contributed by atoms with Crippen LogP contribution in [0.3, 0.4) is 0 Å². The summed E-state index contributed by atoms with van der Waals surface area (Å²) in [4.78, 5) is 0. The molecule has 0 N–H and O–H groups in total. The highest BCUT2D eigenvalue weighted by molar-refractivity contribution is 6.74. The van der Waals surface area contributed by atoms with E-state index in [0.717, 1.165) is 6.42 Å². The van der Waals surface area contributed by atoms with Crippen LogP contribution in [0, 0.1) is 5.41 Å². The molecule has 1 nitrogen and oxygen atoms in total. The number of rotatable bonds is 2. The van der Waals surface area contributed by atoms with E-state index in [1.807, 2.05) is 0 Å². The van der Waals surface area contributed by atoms with Gasteiger partial charge in [-0.3, -0.25) is 0 Å². The van der Waals surface area contributed by atoms with Crippen LogP contribution in [0.1, 0.15) is 52.9 Å². The highest BCUT2D eigenvalue weighted by atomic mass is 28.4. The van der Waals surface area contributed by atoms with Crippen LogP contribution >= 0.6 is 0 Å². The van der Waals surface area contributed by atoms with Gasteiger partial charge in [0, 0.05) is 5.41 Å². The Morgan fingerprint density at radius 2 is 1.76 bits per heavy atom. The van der Waals surface area contributed by atoms with Gasteiger partial charge in [0.25, 0.3) is 0 Å². The van der Waals surface area contributed by atoms with Crippen LogP contribution in [-0.4, -0.2) is 14.4 Å². The van der Waals surface area contributed by atoms with E-state index < -0.39 is 8.32 Å². The second kappa shape index (κ2) is 4.24. The van der Waals surface area contributed by atoms with Gasteiger partial charge in [-0.15, -0.1) is 0 Å². The molecule has 0 aromatic carbocycles. The highest BCUT2D eigenvalue weighted by Crippen LogP contribution is 2.50. The second-order valence-corrected chi connectivity index (χ2v) is 12.2. The maximum absolute atomic E-state index is 6.68. The quantitative estimate of drug-likeness (QED) is 0.502. The largest absolute Gasteiger partial charge is 0.413 e. The van der Waals surface area contributed by atoms with Crippen LogP contribution in [0.5, 0.6) is 0 Å². The van der Waals surface area contributed by atoms with Gasteiger partial charge in [-0.2, -0.15) is 0 Å². The Hall–Kier alpha value is -0.0831. The summed E-state index contributed by atoms with van der Waals surface area (Å²) in [5.74, 6) is 0. The normalized spacial score (nSPS) is 28.2. The molecular formula is C15H28OSi. The van der Waals surface area contributed by atoms with Crippen LogP contribution in [0.4, 0.5) is 0 Å². The van der Waals surface area contributed by atoms with Crippen molar-refractivity contribution in [3.05, 3.63) is 12.2 Å². The van der Waals surface area contributed by atoms with Gasteiger partial charge in [-0.05, 0) is 37.4 Å². The van der Waals surface area contributed by atoms with Crippen molar-refractivity contribution in [2.24, 2.45) is 5.41 Å². The summed E-state index contributed by atoms with van der Waals surface area (Å²) in [5, 5.41) is 0.329. The van der Waals surface area contributed by atoms with Gasteiger partial charge in [0.05, 0.1) is 6.10 Å². The molecule has 0 amide bonds. The summed E-state index contributed by atoms with van der Waals surface area (Å²) in [7, 11) is -1.60. The molecule has 0 bridgehead atoms. The minimum absolute atomic E-state index is 0.329. The molecule has 0 saturated heterocycles. The zero-order valence-corrected chi connectivity index (χ0v) is 13.2. The lowest BCUT2D eigenvalue weighted by atomic mass is 9.84. The fourth-order valence-corrected chi connectivity index (χ4v) is 4.38. The standard InChI is InChI=1S/C15H28OSi/c1-14(2,3)17(4,5)16-13-9-8-12-15(13)10-6-7-11-15/h8,12-13H,6-7,9-11H2,1-5H3/t13-/m1/s1. The number of hydrogen-bond acceptors (Lipinski definition) is 1. The molecule has 0 aromatic heterocycles. The van der Waals surface area contributed by atoms with Crippen LogP contribution in [0.2, 0.25) is 18.1 Å². The molecule has 2 heteroatoms. The summed E-state index contributed by atoms with van der Waals surface area (Å²) in [6.45, 7) is 11.8. The molecule has 1 spiro atoms. The SMILES string of the molecule is CC(C)(C)[Si](C)(C)O[C@@H]1CC=CC12CCCC2. The van der Waals surface area contributed by atoms with Crippen molar-refractivity contribution in [2.45, 2.75) is 77.1 Å². The predicted octanol–water partition coefficient (Wildman–Crippen LogP) is 4.90. The van der Waals surface area contributed by atoms with Crippen molar-refractivity contribution in [1.82, 2.24) is 0 Å². The zero-order valence-electron chi connectivity index (χ0n) is 12.2. The molecule has 1 saturated carbocycles. The number of hydrogen-bond donors (Lipinski definition) is 0. The van der Waals surface area contributed by atoms with Gasteiger partial charge in [0.2, 0.25) is 0 Å². The third-order valence-corrected chi connectivity index (χ3v) is 9.70. The Morgan fingerprint density at radius 3 is 2.29 bits per heavy atom. The third-order valence-electron chi connectivity index (χ3n) is 5.22. The topological polar surface area (TPSA) is 9.23 Å². The molecule has 2 rings (SSSR count). The van der Waals surface area contributed by atoms with Crippen molar-refractivity contribution < 1.29 is 4.43 Å². The van der Waals surface area contributed by atoms with Gasteiger partial charge in [-0.25, -0.2) is 0 Å². The Bertz CT molecular complexity index is 305. The molecule has 0 aromatic rings. The first-order valence-electron chi connectivity index (χ1n) is 7.12. The predicted molar refractivity (Wildman–Crippen MR) is 76.7 cm³/mol. The molecule has 17 heavy (non-hydrogen) atoms. The fourth-order valence-electron chi connectivity index (χ4n) is 2.99. The summed E-state index contributed by atoms with van der Waals surface area (Å²) in [6.07, 6.45) is 11.9. The van der Waals surface area contributed by atoms with Gasteiger partial charge in [0.1, 0.15) is 0 Å². The maximum Gasteiger partial charge on any atom is 0.192 e. The van der Waals surface area contributed by atoms with E-state index in [9.17, 15) is 0 Å². The molecule has 0 aliphatic heterocycles. The lowest BCUT2D eigenvalue weighted by Crippen LogP contribution is -2.47. The van der Waals surface area contributed by atoms with Crippen molar-refractivity contribution in [3.8, 4) is 0 Å². The van der Waals surface area contributed by atoms with Crippen molar-refractivity contribution in [2.75, 3.05) is 0 Å². The average molecular weight is 252 g/mol. The Morgan fingerprint density at radius 1 is 1.18 bits per heavy atom. The van der Waals surface area contributed by atoms with Crippen molar-refractivity contribution in [3.63, 3.8) is 0 Å². The van der Waals surface area contributed by atoms with Crippen LogP contribution in [-0.2, 0) is 4.43 Å². The van der Waals surface area contributed by atoms with E-state index in [1.54, 1.807) is 0 Å². The molecule has 2 aliphatic rings. The molecule has 98 valence electrons. The first kappa shape index (κ1) is 13.4. The molecule has 0 radical (unpaired) electrons. The van der Waals surface area contributed by atoms with E-state index in [1.165, 1.54) is 25.7 Å². The lowest BCUT2D eigenvalue weighted by Gasteiger charge is -2.42. The van der Waals surface area contributed by atoms with E-state index in [2.05, 4.69) is 46.0 Å². The summed E-state index contributed by atoms with van der Waals surface area (Å²) in [5.41, 5.74) is 0.412. The van der Waals surface area contributed by atoms with E-state index >= 15 is 0 Å². The minimum Gasteiger partial charge on any atom is -0.413 e. The summed E-state index contributed by atoms with van der Waals surface area (Å²) < 4.78 is 6.68. The Balaban J connectivity index is 2.09. The van der Waals surface area contributed by atoms with Gasteiger partial charge in [0.15, 0.2) is 8.32 Å². The van der Waals surface area contributed by atoms with Crippen molar-refractivity contribution in [1.29, 1.82) is 0 Å². The van der Waals surface area contributed by atoms with Gasteiger partial charge >= 0.3 is 0 Å². The van der Waals surface area contributed by atoms with Crippen molar-refractivity contribution >= 4 is 8.32 Å². The first-order chi connectivity index (χ1) is 7.77. The molecule has 0 unspecified atom stereocenters. The smallest absolute Gasteiger partial charge is 0.192 e. The Kier molecular flexibility index (Phi) is 3.33. The monoisotopic (exact) mass is 252 g/mol.